The van der Waals surface area contributed by atoms with Crippen molar-refractivity contribution in [1.29, 1.82) is 0 Å². The van der Waals surface area contributed by atoms with E-state index >= 15 is 0 Å². The zero-order valence-corrected chi connectivity index (χ0v) is 14.2. The third-order valence-electron chi connectivity index (χ3n) is 4.26. The van der Waals surface area contributed by atoms with Crippen molar-refractivity contribution in [2.75, 3.05) is 18.5 Å². The Labute approximate surface area is 136 Å². The number of anilines is 1. The van der Waals surface area contributed by atoms with Crippen LogP contribution in [0.2, 0.25) is 5.02 Å². The number of hydrogen-bond acceptors (Lipinski definition) is 3. The number of nitrogens with zero attached hydrogens (tertiary/aromatic N) is 1. The first-order valence-electron chi connectivity index (χ1n) is 7.41. The summed E-state index contributed by atoms with van der Waals surface area (Å²) >= 11 is 7.56. The molecule has 2 rings (SSSR count). The molecule has 21 heavy (non-hydrogen) atoms. The van der Waals surface area contributed by atoms with Gasteiger partial charge >= 0.3 is 0 Å². The van der Waals surface area contributed by atoms with E-state index in [0.717, 1.165) is 23.7 Å². The number of benzene rings is 1. The number of thioether (sulfide) groups is 1. The van der Waals surface area contributed by atoms with Crippen LogP contribution in [0.5, 0.6) is 0 Å². The molecule has 0 aliphatic heterocycles. The summed E-state index contributed by atoms with van der Waals surface area (Å²) in [5, 5.41) is 0.613. The second-order valence-corrected chi connectivity index (χ2v) is 7.26. The van der Waals surface area contributed by atoms with Crippen LogP contribution in [0.25, 0.3) is 0 Å². The molecular formula is C16H23ClN2OS. The molecule has 1 aromatic carbocycles. The van der Waals surface area contributed by atoms with E-state index in [1.807, 2.05) is 24.1 Å². The number of carbonyl (C=O) groups is 1. The van der Waals surface area contributed by atoms with E-state index in [2.05, 4.69) is 6.92 Å². The smallest absolute Gasteiger partial charge is 0.232 e. The molecule has 1 fully saturated rings. The van der Waals surface area contributed by atoms with Gasteiger partial charge in [0.05, 0.1) is 10.8 Å². The largest absolute Gasteiger partial charge is 0.398 e. The lowest BCUT2D eigenvalue weighted by Gasteiger charge is -2.33. The average Bonchev–Trinajstić information content (AvgIpc) is 2.46. The molecule has 0 saturated heterocycles. The summed E-state index contributed by atoms with van der Waals surface area (Å²) < 4.78 is 0. The second kappa shape index (κ2) is 7.41. The molecule has 0 radical (unpaired) electrons. The summed E-state index contributed by atoms with van der Waals surface area (Å²) in [4.78, 5) is 15.1. The lowest BCUT2D eigenvalue weighted by Crippen LogP contribution is -2.40. The number of carbonyl (C=O) groups excluding carboxylic acids is 1. The Morgan fingerprint density at radius 1 is 1.38 bits per heavy atom. The normalized spacial score (nSPS) is 22.0. The van der Waals surface area contributed by atoms with Gasteiger partial charge in [0, 0.05) is 23.7 Å². The van der Waals surface area contributed by atoms with Crippen LogP contribution in [-0.2, 0) is 4.79 Å². The van der Waals surface area contributed by atoms with Gasteiger partial charge in [-0.05, 0) is 43.7 Å². The van der Waals surface area contributed by atoms with E-state index in [4.69, 9.17) is 17.3 Å². The molecule has 1 aliphatic rings. The molecule has 1 saturated carbocycles. The van der Waals surface area contributed by atoms with E-state index in [1.165, 1.54) is 24.6 Å². The summed E-state index contributed by atoms with van der Waals surface area (Å²) in [5.41, 5.74) is 6.55. The van der Waals surface area contributed by atoms with Gasteiger partial charge in [0.1, 0.15) is 0 Å². The lowest BCUT2D eigenvalue weighted by atomic mass is 9.87. The maximum absolute atomic E-state index is 12.3. The highest BCUT2D eigenvalue weighted by Gasteiger charge is 2.24. The summed E-state index contributed by atoms with van der Waals surface area (Å²) in [6.07, 6.45) is 4.66. The highest BCUT2D eigenvalue weighted by atomic mass is 35.5. The summed E-state index contributed by atoms with van der Waals surface area (Å²) in [7, 11) is 1.92. The van der Waals surface area contributed by atoms with E-state index in [9.17, 15) is 4.79 Å². The maximum atomic E-state index is 12.3. The highest BCUT2D eigenvalue weighted by Crippen LogP contribution is 2.33. The number of nitrogens with two attached hydrogens (primary N) is 1. The molecule has 1 aliphatic carbocycles. The third-order valence-corrected chi connectivity index (χ3v) is 5.83. The van der Waals surface area contributed by atoms with Gasteiger partial charge in [-0.25, -0.2) is 0 Å². The predicted molar refractivity (Wildman–Crippen MR) is 90.8 cm³/mol. The first-order valence-corrected chi connectivity index (χ1v) is 8.78. The van der Waals surface area contributed by atoms with Crippen molar-refractivity contribution in [1.82, 2.24) is 4.90 Å². The van der Waals surface area contributed by atoms with Crippen molar-refractivity contribution in [3.63, 3.8) is 0 Å². The summed E-state index contributed by atoms with van der Waals surface area (Å²) in [6, 6.07) is 5.82. The molecule has 1 aromatic rings. The van der Waals surface area contributed by atoms with Crippen molar-refractivity contribution in [2.45, 2.75) is 43.5 Å². The average molecular weight is 327 g/mol. The number of nitrogen functional groups attached to an aromatic ring is 1. The first kappa shape index (κ1) is 16.5. The molecule has 0 heterocycles. The van der Waals surface area contributed by atoms with Gasteiger partial charge in [0.15, 0.2) is 0 Å². The van der Waals surface area contributed by atoms with E-state index < -0.39 is 0 Å². The topological polar surface area (TPSA) is 46.3 Å². The Bertz CT molecular complexity index is 481. The maximum Gasteiger partial charge on any atom is 0.232 e. The van der Waals surface area contributed by atoms with Gasteiger partial charge in [-0.15, -0.1) is 11.8 Å². The Balaban J connectivity index is 1.89. The molecule has 2 N–H and O–H groups in total. The molecule has 1 amide bonds. The fourth-order valence-electron chi connectivity index (χ4n) is 2.75. The zero-order chi connectivity index (χ0) is 15.4. The minimum absolute atomic E-state index is 0.152. The van der Waals surface area contributed by atoms with Crippen LogP contribution in [0.3, 0.4) is 0 Å². The van der Waals surface area contributed by atoms with Gasteiger partial charge in [-0.3, -0.25) is 4.79 Å². The van der Waals surface area contributed by atoms with Gasteiger partial charge in [0.2, 0.25) is 5.91 Å². The Kier molecular flexibility index (Phi) is 5.82. The van der Waals surface area contributed by atoms with Crippen molar-refractivity contribution in [3.8, 4) is 0 Å². The minimum atomic E-state index is 0.152. The van der Waals surface area contributed by atoms with E-state index in [0.29, 0.717) is 22.5 Å². The molecular weight excluding hydrogens is 304 g/mol. The van der Waals surface area contributed by atoms with E-state index in [-0.39, 0.29) is 5.91 Å². The van der Waals surface area contributed by atoms with Crippen LogP contribution in [-0.4, -0.2) is 29.6 Å². The van der Waals surface area contributed by atoms with Crippen molar-refractivity contribution < 1.29 is 4.79 Å². The summed E-state index contributed by atoms with van der Waals surface area (Å²) in [5.74, 6) is 1.33. The summed E-state index contributed by atoms with van der Waals surface area (Å²) in [6.45, 7) is 2.29. The van der Waals surface area contributed by atoms with E-state index in [1.54, 1.807) is 6.07 Å². The Morgan fingerprint density at radius 2 is 2.05 bits per heavy atom. The second-order valence-electron chi connectivity index (χ2n) is 5.87. The quantitative estimate of drug-likeness (QED) is 0.670. The van der Waals surface area contributed by atoms with Crippen LogP contribution in [0.4, 0.5) is 5.69 Å². The van der Waals surface area contributed by atoms with Crippen LogP contribution in [0.15, 0.2) is 23.1 Å². The van der Waals surface area contributed by atoms with Crippen molar-refractivity contribution in [2.24, 2.45) is 5.92 Å². The molecule has 0 unspecified atom stereocenters. The van der Waals surface area contributed by atoms with Crippen LogP contribution >= 0.6 is 23.4 Å². The Hall–Kier alpha value is -0.870. The van der Waals surface area contributed by atoms with Gasteiger partial charge in [-0.2, -0.15) is 0 Å². The fraction of sp³-hybridized carbons (Fsp3) is 0.562. The first-order chi connectivity index (χ1) is 9.99. The third kappa shape index (κ3) is 4.30. The highest BCUT2D eigenvalue weighted by molar-refractivity contribution is 8.00. The molecule has 0 spiro atoms. The van der Waals surface area contributed by atoms with Gasteiger partial charge in [-0.1, -0.05) is 24.6 Å². The fourth-order valence-corrected chi connectivity index (χ4v) is 4.00. The SMILES string of the molecule is CC1CCC(N(C)C(=O)CSc2c(N)cccc2Cl)CC1. The van der Waals surface area contributed by atoms with Crippen molar-refractivity contribution in [3.05, 3.63) is 23.2 Å². The number of amides is 1. The molecule has 0 atom stereocenters. The predicted octanol–water partition coefficient (Wildman–Crippen LogP) is 4.05. The van der Waals surface area contributed by atoms with Crippen LogP contribution in [0.1, 0.15) is 32.6 Å². The van der Waals surface area contributed by atoms with Crippen LogP contribution in [0, 0.1) is 5.92 Å². The standard InChI is InChI=1S/C16H23ClN2OS/c1-11-6-8-12(9-7-11)19(2)15(20)10-21-16-13(17)4-3-5-14(16)18/h3-5,11-12H,6-10,18H2,1-2H3. The number of hydrogen-bond donors (Lipinski definition) is 1. The number of rotatable bonds is 4. The minimum Gasteiger partial charge on any atom is -0.398 e. The molecule has 5 heteroatoms. The molecule has 0 bridgehead atoms. The van der Waals surface area contributed by atoms with Gasteiger partial charge < -0.3 is 10.6 Å². The zero-order valence-electron chi connectivity index (χ0n) is 12.6. The number of halogens is 1. The monoisotopic (exact) mass is 326 g/mol. The molecule has 0 aromatic heterocycles. The van der Waals surface area contributed by atoms with Gasteiger partial charge in [0.25, 0.3) is 0 Å². The lowest BCUT2D eigenvalue weighted by molar-refractivity contribution is -0.129. The molecule has 3 nitrogen and oxygen atoms in total. The molecule has 116 valence electrons. The van der Waals surface area contributed by atoms with Crippen molar-refractivity contribution >= 4 is 35.0 Å². The van der Waals surface area contributed by atoms with Crippen LogP contribution < -0.4 is 5.73 Å². The Morgan fingerprint density at radius 3 is 2.67 bits per heavy atom.